The molecule has 2 rings (SSSR count). The first-order valence-corrected chi connectivity index (χ1v) is 5.27. The molecule has 16 heavy (non-hydrogen) atoms. The lowest BCUT2D eigenvalue weighted by Crippen LogP contribution is -2.03. The van der Waals surface area contributed by atoms with E-state index in [1.807, 2.05) is 19.1 Å². The number of aliphatic hydroxyl groups is 1. The molecule has 0 saturated heterocycles. The summed E-state index contributed by atoms with van der Waals surface area (Å²) in [5, 5.41) is 10.7. The molecule has 1 aromatic heterocycles. The summed E-state index contributed by atoms with van der Waals surface area (Å²) in [6.45, 7) is 1.90. The Morgan fingerprint density at radius 3 is 2.81 bits per heavy atom. The zero-order valence-electron chi connectivity index (χ0n) is 8.76. The normalized spacial score (nSPS) is 12.4. The molecule has 1 unspecified atom stereocenters. The Hall–Kier alpha value is -1.45. The summed E-state index contributed by atoms with van der Waals surface area (Å²) in [5.74, 6) is 0. The van der Waals surface area contributed by atoms with Gasteiger partial charge in [0.1, 0.15) is 6.10 Å². The Bertz CT molecular complexity index is 488. The summed E-state index contributed by atoms with van der Waals surface area (Å²) >= 11 is 6.13. The zero-order valence-corrected chi connectivity index (χ0v) is 9.52. The van der Waals surface area contributed by atoms with E-state index in [1.54, 1.807) is 18.5 Å². The summed E-state index contributed by atoms with van der Waals surface area (Å²) in [5.41, 5.74) is 2.08. The molecule has 3 nitrogen and oxygen atoms in total. The van der Waals surface area contributed by atoms with Crippen LogP contribution in [0.15, 0.2) is 36.8 Å². The molecule has 1 aromatic carbocycles. The van der Waals surface area contributed by atoms with Crippen LogP contribution in [0.5, 0.6) is 0 Å². The third-order valence-electron chi connectivity index (χ3n) is 2.38. The van der Waals surface area contributed by atoms with E-state index in [-0.39, 0.29) is 0 Å². The van der Waals surface area contributed by atoms with E-state index < -0.39 is 6.10 Å². The van der Waals surface area contributed by atoms with Crippen molar-refractivity contribution in [2.75, 3.05) is 0 Å². The second-order valence-corrected chi connectivity index (χ2v) is 3.89. The fourth-order valence-corrected chi connectivity index (χ4v) is 1.72. The van der Waals surface area contributed by atoms with Crippen LogP contribution in [0.3, 0.4) is 0 Å². The van der Waals surface area contributed by atoms with Crippen molar-refractivity contribution in [1.82, 2.24) is 9.97 Å². The molecule has 1 atom stereocenters. The summed E-state index contributed by atoms with van der Waals surface area (Å²) in [7, 11) is 0. The minimum atomic E-state index is -0.832. The van der Waals surface area contributed by atoms with Crippen molar-refractivity contribution in [2.24, 2.45) is 0 Å². The number of aromatic nitrogens is 2. The second kappa shape index (κ2) is 4.60. The Balaban J connectivity index is 2.42. The maximum absolute atomic E-state index is 10.1. The molecule has 0 aliphatic heterocycles. The van der Waals surface area contributed by atoms with Crippen LogP contribution in [-0.2, 0) is 0 Å². The Morgan fingerprint density at radius 1 is 1.31 bits per heavy atom. The lowest BCUT2D eigenvalue weighted by Gasteiger charge is -2.12. The largest absolute Gasteiger partial charge is 0.382 e. The SMILES string of the molecule is Cc1cccc(C(O)c2cnccn2)c1Cl. The average Bonchev–Trinajstić information content (AvgIpc) is 2.33. The van der Waals surface area contributed by atoms with Crippen LogP contribution in [0.25, 0.3) is 0 Å². The summed E-state index contributed by atoms with van der Waals surface area (Å²) in [6, 6.07) is 5.54. The monoisotopic (exact) mass is 234 g/mol. The Kier molecular flexibility index (Phi) is 3.17. The fraction of sp³-hybridized carbons (Fsp3) is 0.167. The smallest absolute Gasteiger partial charge is 0.124 e. The van der Waals surface area contributed by atoms with E-state index >= 15 is 0 Å². The molecular weight excluding hydrogens is 224 g/mol. The van der Waals surface area contributed by atoms with Gasteiger partial charge in [0.2, 0.25) is 0 Å². The minimum absolute atomic E-state index is 0.495. The van der Waals surface area contributed by atoms with Gasteiger partial charge in [0.05, 0.1) is 11.9 Å². The lowest BCUT2D eigenvalue weighted by molar-refractivity contribution is 0.215. The molecule has 0 radical (unpaired) electrons. The van der Waals surface area contributed by atoms with Gasteiger partial charge < -0.3 is 5.11 Å². The van der Waals surface area contributed by atoms with E-state index in [0.717, 1.165) is 5.56 Å². The van der Waals surface area contributed by atoms with E-state index in [0.29, 0.717) is 16.3 Å². The van der Waals surface area contributed by atoms with Crippen molar-refractivity contribution < 1.29 is 5.11 Å². The van der Waals surface area contributed by atoms with Crippen molar-refractivity contribution in [3.8, 4) is 0 Å². The van der Waals surface area contributed by atoms with Crippen LogP contribution in [0, 0.1) is 6.92 Å². The third-order valence-corrected chi connectivity index (χ3v) is 2.90. The number of aliphatic hydroxyl groups excluding tert-OH is 1. The number of hydrogen-bond donors (Lipinski definition) is 1. The molecule has 0 bridgehead atoms. The summed E-state index contributed by atoms with van der Waals surface area (Å²) in [6.07, 6.45) is 3.81. The van der Waals surface area contributed by atoms with Crippen molar-refractivity contribution in [2.45, 2.75) is 13.0 Å². The highest BCUT2D eigenvalue weighted by Crippen LogP contribution is 2.28. The van der Waals surface area contributed by atoms with Gasteiger partial charge in [-0.2, -0.15) is 0 Å². The highest BCUT2D eigenvalue weighted by molar-refractivity contribution is 6.32. The molecule has 0 fully saturated rings. The molecular formula is C12H11ClN2O. The van der Waals surface area contributed by atoms with Gasteiger partial charge in [-0.15, -0.1) is 0 Å². The molecule has 82 valence electrons. The fourth-order valence-electron chi connectivity index (χ4n) is 1.49. The Morgan fingerprint density at radius 2 is 2.12 bits per heavy atom. The van der Waals surface area contributed by atoms with E-state index in [2.05, 4.69) is 9.97 Å². The van der Waals surface area contributed by atoms with Crippen LogP contribution >= 0.6 is 11.6 Å². The molecule has 0 aliphatic carbocycles. The van der Waals surface area contributed by atoms with Crippen LogP contribution in [0.2, 0.25) is 5.02 Å². The highest BCUT2D eigenvalue weighted by atomic mass is 35.5. The van der Waals surface area contributed by atoms with Gasteiger partial charge in [0.25, 0.3) is 0 Å². The molecule has 0 aliphatic rings. The van der Waals surface area contributed by atoms with Gasteiger partial charge >= 0.3 is 0 Å². The molecule has 0 amide bonds. The molecule has 0 saturated carbocycles. The number of halogens is 1. The van der Waals surface area contributed by atoms with Crippen LogP contribution in [0.4, 0.5) is 0 Å². The number of benzene rings is 1. The first-order chi connectivity index (χ1) is 7.70. The zero-order chi connectivity index (χ0) is 11.5. The molecule has 0 spiro atoms. The molecule has 1 heterocycles. The van der Waals surface area contributed by atoms with Crippen molar-refractivity contribution in [1.29, 1.82) is 0 Å². The van der Waals surface area contributed by atoms with E-state index in [9.17, 15) is 5.11 Å². The predicted octanol–water partition coefficient (Wildman–Crippen LogP) is 2.52. The van der Waals surface area contributed by atoms with Crippen LogP contribution in [0.1, 0.15) is 22.9 Å². The van der Waals surface area contributed by atoms with Gasteiger partial charge in [-0.25, -0.2) is 0 Å². The van der Waals surface area contributed by atoms with Crippen molar-refractivity contribution in [3.05, 3.63) is 58.6 Å². The quantitative estimate of drug-likeness (QED) is 0.869. The van der Waals surface area contributed by atoms with Gasteiger partial charge in [-0.3, -0.25) is 9.97 Å². The number of aryl methyl sites for hydroxylation is 1. The lowest BCUT2D eigenvalue weighted by atomic mass is 10.0. The van der Waals surface area contributed by atoms with Crippen LogP contribution in [-0.4, -0.2) is 15.1 Å². The average molecular weight is 235 g/mol. The number of rotatable bonds is 2. The first-order valence-electron chi connectivity index (χ1n) is 4.89. The number of nitrogens with zero attached hydrogens (tertiary/aromatic N) is 2. The van der Waals surface area contributed by atoms with E-state index in [1.165, 1.54) is 6.20 Å². The van der Waals surface area contributed by atoms with Crippen molar-refractivity contribution in [3.63, 3.8) is 0 Å². The molecule has 2 aromatic rings. The van der Waals surface area contributed by atoms with Gasteiger partial charge in [-0.1, -0.05) is 29.8 Å². The van der Waals surface area contributed by atoms with Gasteiger partial charge in [0.15, 0.2) is 0 Å². The highest BCUT2D eigenvalue weighted by Gasteiger charge is 2.15. The molecule has 4 heteroatoms. The van der Waals surface area contributed by atoms with Crippen LogP contribution < -0.4 is 0 Å². The van der Waals surface area contributed by atoms with Gasteiger partial charge in [0, 0.05) is 23.0 Å². The predicted molar refractivity (Wildman–Crippen MR) is 62.3 cm³/mol. The first kappa shape index (κ1) is 11.0. The minimum Gasteiger partial charge on any atom is -0.382 e. The summed E-state index contributed by atoms with van der Waals surface area (Å²) in [4.78, 5) is 7.97. The number of hydrogen-bond acceptors (Lipinski definition) is 3. The maximum atomic E-state index is 10.1. The topological polar surface area (TPSA) is 46.0 Å². The molecule has 1 N–H and O–H groups in total. The summed E-state index contributed by atoms with van der Waals surface area (Å²) < 4.78 is 0. The third kappa shape index (κ3) is 2.05. The second-order valence-electron chi connectivity index (χ2n) is 3.51. The van der Waals surface area contributed by atoms with E-state index in [4.69, 9.17) is 11.6 Å². The standard InChI is InChI=1S/C12H11ClN2O/c1-8-3-2-4-9(11(8)13)12(16)10-7-14-5-6-15-10/h2-7,12,16H,1H3. The van der Waals surface area contributed by atoms with Gasteiger partial charge in [-0.05, 0) is 12.5 Å². The Labute approximate surface area is 98.8 Å². The maximum Gasteiger partial charge on any atom is 0.124 e. The van der Waals surface area contributed by atoms with Crippen molar-refractivity contribution >= 4 is 11.6 Å².